The molecule has 3 amide bonds. The number of likely N-dealkylation sites (N-methyl/N-ethyl adjacent to an activating group) is 1. The molecule has 0 unspecified atom stereocenters. The molecule has 0 atom stereocenters. The van der Waals surface area contributed by atoms with Gasteiger partial charge in [0.1, 0.15) is 10.7 Å². The molecule has 2 aromatic carbocycles. The molecule has 3 aromatic rings. The number of nitrogens with zero attached hydrogens (tertiary/aromatic N) is 4. The van der Waals surface area contributed by atoms with E-state index in [1.54, 1.807) is 10.3 Å². The summed E-state index contributed by atoms with van der Waals surface area (Å²) in [5, 5.41) is 5.60. The van der Waals surface area contributed by atoms with Crippen LogP contribution in [-0.4, -0.2) is 64.8 Å². The molecule has 1 heterocycles. The number of carbonyl (C=O) groups is 2. The molecule has 0 aliphatic rings. The van der Waals surface area contributed by atoms with Crippen molar-refractivity contribution in [3.8, 4) is 0 Å². The van der Waals surface area contributed by atoms with E-state index in [1.165, 1.54) is 11.3 Å². The van der Waals surface area contributed by atoms with Crippen LogP contribution in [0.1, 0.15) is 46.0 Å². The van der Waals surface area contributed by atoms with Crippen molar-refractivity contribution in [2.24, 2.45) is 0 Å². The number of para-hydroxylation sites is 1. The van der Waals surface area contributed by atoms with Gasteiger partial charge in [0.15, 0.2) is 0 Å². The van der Waals surface area contributed by atoms with Gasteiger partial charge in [0, 0.05) is 36.7 Å². The summed E-state index contributed by atoms with van der Waals surface area (Å²) in [6, 6.07) is 15.7. The van der Waals surface area contributed by atoms with Gasteiger partial charge in [0.25, 0.3) is 5.91 Å². The first-order chi connectivity index (χ1) is 17.2. The number of hydrogen-bond acceptors (Lipinski definition) is 5. The fraction of sp³-hybridized carbons (Fsp3) is 0.393. The molecule has 1 aromatic heterocycles. The molecule has 0 saturated carbocycles. The zero-order chi connectivity index (χ0) is 26.2. The third-order valence-corrected chi connectivity index (χ3v) is 6.83. The van der Waals surface area contributed by atoms with E-state index in [1.807, 2.05) is 95.2 Å². The van der Waals surface area contributed by atoms with Crippen LogP contribution in [0.25, 0.3) is 0 Å². The number of aromatic nitrogens is 1. The lowest BCUT2D eigenvalue weighted by molar-refractivity contribution is 0.0726. The van der Waals surface area contributed by atoms with Gasteiger partial charge in [-0.3, -0.25) is 4.79 Å². The second-order valence-corrected chi connectivity index (χ2v) is 10.5. The maximum Gasteiger partial charge on any atom is 0.322 e. The van der Waals surface area contributed by atoms with Crippen LogP contribution in [0.4, 0.5) is 10.5 Å². The number of thiazole rings is 1. The SMILES string of the molecule is Cc1cccc(C)c1NC(=O)N(Cc1nc(C(=O)N(CCN(C)C)Cc2ccccc2)cs1)C(C)C. The molecule has 0 saturated heterocycles. The van der Waals surface area contributed by atoms with Crippen LogP contribution >= 0.6 is 11.3 Å². The van der Waals surface area contributed by atoms with Gasteiger partial charge in [-0.2, -0.15) is 0 Å². The van der Waals surface area contributed by atoms with Crippen molar-refractivity contribution in [3.05, 3.63) is 81.3 Å². The minimum absolute atomic E-state index is 0.0351. The number of anilines is 1. The van der Waals surface area contributed by atoms with Crippen molar-refractivity contribution in [2.75, 3.05) is 32.5 Å². The zero-order valence-electron chi connectivity index (χ0n) is 22.1. The van der Waals surface area contributed by atoms with Gasteiger partial charge >= 0.3 is 6.03 Å². The van der Waals surface area contributed by atoms with Gasteiger partial charge in [-0.05, 0) is 58.5 Å². The number of rotatable bonds is 10. The quantitative estimate of drug-likeness (QED) is 0.399. The van der Waals surface area contributed by atoms with Crippen LogP contribution in [0.5, 0.6) is 0 Å². The molecule has 3 rings (SSSR count). The van der Waals surface area contributed by atoms with Crippen LogP contribution in [-0.2, 0) is 13.1 Å². The molecule has 1 N–H and O–H groups in total. The van der Waals surface area contributed by atoms with Crippen molar-refractivity contribution in [1.29, 1.82) is 0 Å². The van der Waals surface area contributed by atoms with Crippen LogP contribution in [0.2, 0.25) is 0 Å². The molecular weight excluding hydrogens is 470 g/mol. The highest BCUT2D eigenvalue weighted by atomic mass is 32.1. The molecule has 0 fully saturated rings. The van der Waals surface area contributed by atoms with Gasteiger partial charge in [0.2, 0.25) is 0 Å². The Bertz CT molecular complexity index is 1140. The molecule has 8 heteroatoms. The molecule has 192 valence electrons. The Morgan fingerprint density at radius 1 is 0.944 bits per heavy atom. The number of hydrogen-bond donors (Lipinski definition) is 1. The molecule has 0 bridgehead atoms. The number of amides is 3. The predicted octanol–water partition coefficient (Wildman–Crippen LogP) is 5.41. The van der Waals surface area contributed by atoms with Crippen molar-refractivity contribution in [2.45, 2.75) is 46.8 Å². The zero-order valence-corrected chi connectivity index (χ0v) is 22.9. The standard InChI is InChI=1S/C28H37N5O2S/c1-20(2)33(28(35)30-26-21(3)11-10-12-22(26)4)18-25-29-24(19-36-25)27(34)32(16-15-31(5)6)17-23-13-8-7-9-14-23/h7-14,19-20H,15-18H2,1-6H3,(H,30,35). The molecule has 7 nitrogen and oxygen atoms in total. The second kappa shape index (κ2) is 12.6. The van der Waals surface area contributed by atoms with Crippen molar-refractivity contribution in [1.82, 2.24) is 19.7 Å². The summed E-state index contributed by atoms with van der Waals surface area (Å²) >= 11 is 1.41. The van der Waals surface area contributed by atoms with Crippen molar-refractivity contribution >= 4 is 29.0 Å². The minimum atomic E-state index is -0.179. The van der Waals surface area contributed by atoms with Gasteiger partial charge in [-0.15, -0.1) is 11.3 Å². The van der Waals surface area contributed by atoms with E-state index in [9.17, 15) is 9.59 Å². The number of aryl methyl sites for hydroxylation is 2. The minimum Gasteiger partial charge on any atom is -0.332 e. The number of nitrogens with one attached hydrogen (secondary N) is 1. The highest BCUT2D eigenvalue weighted by molar-refractivity contribution is 7.09. The van der Waals surface area contributed by atoms with Crippen molar-refractivity contribution in [3.63, 3.8) is 0 Å². The van der Waals surface area contributed by atoms with E-state index in [4.69, 9.17) is 0 Å². The monoisotopic (exact) mass is 507 g/mol. The largest absolute Gasteiger partial charge is 0.332 e. The van der Waals surface area contributed by atoms with E-state index in [-0.39, 0.29) is 18.0 Å². The summed E-state index contributed by atoms with van der Waals surface area (Å²) < 4.78 is 0. The van der Waals surface area contributed by atoms with E-state index in [0.29, 0.717) is 25.3 Å². The fourth-order valence-corrected chi connectivity index (χ4v) is 4.61. The Labute approximate surface area is 218 Å². The van der Waals surface area contributed by atoms with E-state index < -0.39 is 0 Å². The highest BCUT2D eigenvalue weighted by Gasteiger charge is 2.23. The number of carbonyl (C=O) groups excluding carboxylic acids is 2. The third kappa shape index (κ3) is 7.38. The molecule has 0 radical (unpaired) electrons. The van der Waals surface area contributed by atoms with E-state index >= 15 is 0 Å². The Morgan fingerprint density at radius 3 is 2.22 bits per heavy atom. The summed E-state index contributed by atoms with van der Waals surface area (Å²) in [5.74, 6) is -0.0979. The Morgan fingerprint density at radius 2 is 1.61 bits per heavy atom. The molecule has 0 aliphatic carbocycles. The smallest absolute Gasteiger partial charge is 0.322 e. The first-order valence-corrected chi connectivity index (χ1v) is 13.1. The van der Waals surface area contributed by atoms with Crippen molar-refractivity contribution < 1.29 is 9.59 Å². The molecule has 0 aliphatic heterocycles. The normalized spacial score (nSPS) is 11.1. The van der Waals surface area contributed by atoms with Gasteiger partial charge in [0.05, 0.1) is 6.54 Å². The average Bonchev–Trinajstić information content (AvgIpc) is 3.31. The first-order valence-electron chi connectivity index (χ1n) is 12.2. The topological polar surface area (TPSA) is 68.8 Å². The third-order valence-electron chi connectivity index (χ3n) is 5.99. The molecular formula is C28H37N5O2S. The average molecular weight is 508 g/mol. The van der Waals surface area contributed by atoms with Gasteiger partial charge in [-0.1, -0.05) is 48.5 Å². The molecule has 36 heavy (non-hydrogen) atoms. The lowest BCUT2D eigenvalue weighted by Gasteiger charge is -2.27. The lowest BCUT2D eigenvalue weighted by atomic mass is 10.1. The maximum absolute atomic E-state index is 13.4. The van der Waals surface area contributed by atoms with E-state index in [0.717, 1.165) is 33.9 Å². The Hall–Kier alpha value is -3.23. The number of urea groups is 1. The lowest BCUT2D eigenvalue weighted by Crippen LogP contribution is -2.39. The predicted molar refractivity (Wildman–Crippen MR) is 147 cm³/mol. The summed E-state index contributed by atoms with van der Waals surface area (Å²) in [6.45, 7) is 10.1. The number of benzene rings is 2. The summed E-state index contributed by atoms with van der Waals surface area (Å²) in [4.78, 5) is 36.9. The van der Waals surface area contributed by atoms with Crippen LogP contribution in [0.3, 0.4) is 0 Å². The Balaban J connectivity index is 1.74. The summed E-state index contributed by atoms with van der Waals surface area (Å²) in [7, 11) is 3.99. The summed E-state index contributed by atoms with van der Waals surface area (Å²) in [6.07, 6.45) is 0. The van der Waals surface area contributed by atoms with E-state index in [2.05, 4.69) is 15.2 Å². The second-order valence-electron chi connectivity index (χ2n) is 9.56. The van der Waals surface area contributed by atoms with Crippen LogP contribution < -0.4 is 5.32 Å². The Kier molecular flexibility index (Phi) is 9.61. The highest BCUT2D eigenvalue weighted by Crippen LogP contribution is 2.22. The van der Waals surface area contributed by atoms with Gasteiger partial charge in [-0.25, -0.2) is 9.78 Å². The summed E-state index contributed by atoms with van der Waals surface area (Å²) in [5.41, 5.74) is 4.37. The van der Waals surface area contributed by atoms with Crippen LogP contribution in [0.15, 0.2) is 53.9 Å². The first kappa shape index (κ1) is 27.4. The van der Waals surface area contributed by atoms with Crippen LogP contribution in [0, 0.1) is 13.8 Å². The molecule has 0 spiro atoms. The maximum atomic E-state index is 13.4. The fourth-order valence-electron chi connectivity index (χ4n) is 3.85. The van der Waals surface area contributed by atoms with Gasteiger partial charge < -0.3 is 20.0 Å².